The SMILES string of the molecule is CCCCCCCCCCCCCCCCCCCCCCC(=O)O[C@H](CC)CCCC/C(C)=C\C(=O)NCCS(=O)(=O)O. The van der Waals surface area contributed by atoms with Crippen molar-refractivity contribution < 1.29 is 27.3 Å². The van der Waals surface area contributed by atoms with Crippen LogP contribution >= 0.6 is 0 Å². The van der Waals surface area contributed by atoms with Gasteiger partial charge in [-0.3, -0.25) is 14.1 Å². The number of amides is 1. The van der Waals surface area contributed by atoms with Crippen LogP contribution in [0.2, 0.25) is 0 Å². The molecule has 260 valence electrons. The molecule has 0 spiro atoms. The van der Waals surface area contributed by atoms with Crippen molar-refractivity contribution in [2.24, 2.45) is 0 Å². The molecule has 2 N–H and O–H groups in total. The number of esters is 1. The van der Waals surface area contributed by atoms with Gasteiger partial charge in [0.25, 0.3) is 10.1 Å². The number of allylic oxidation sites excluding steroid dienone is 1. The molecule has 0 saturated heterocycles. The van der Waals surface area contributed by atoms with Gasteiger partial charge >= 0.3 is 5.97 Å². The molecule has 7 nitrogen and oxygen atoms in total. The first-order valence-corrected chi connectivity index (χ1v) is 19.9. The Morgan fingerprint density at radius 1 is 0.682 bits per heavy atom. The predicted octanol–water partition coefficient (Wildman–Crippen LogP) is 10.0. The first-order chi connectivity index (χ1) is 21.2. The van der Waals surface area contributed by atoms with Gasteiger partial charge in [-0.1, -0.05) is 141 Å². The molecule has 44 heavy (non-hydrogen) atoms. The first-order valence-electron chi connectivity index (χ1n) is 18.3. The summed E-state index contributed by atoms with van der Waals surface area (Å²) in [5.41, 5.74) is 0.902. The average molecular weight is 644 g/mol. The van der Waals surface area contributed by atoms with Crippen molar-refractivity contribution in [3.05, 3.63) is 11.6 Å². The number of ether oxygens (including phenoxy) is 1. The number of carbonyl (C=O) groups excluding carboxylic acids is 2. The molecule has 1 atom stereocenters. The molecule has 0 rings (SSSR count). The largest absolute Gasteiger partial charge is 0.462 e. The van der Waals surface area contributed by atoms with E-state index in [2.05, 4.69) is 12.2 Å². The maximum absolute atomic E-state index is 12.3. The lowest BCUT2D eigenvalue weighted by atomic mass is 10.0. The smallest absolute Gasteiger partial charge is 0.306 e. The van der Waals surface area contributed by atoms with E-state index in [1.54, 1.807) is 0 Å². The van der Waals surface area contributed by atoms with E-state index in [1.165, 1.54) is 122 Å². The summed E-state index contributed by atoms with van der Waals surface area (Å²) >= 11 is 0. The molecule has 0 aliphatic heterocycles. The van der Waals surface area contributed by atoms with Crippen LogP contribution in [0.3, 0.4) is 0 Å². The number of hydrogen-bond donors (Lipinski definition) is 2. The van der Waals surface area contributed by atoms with Crippen LogP contribution in [0.15, 0.2) is 11.6 Å². The van der Waals surface area contributed by atoms with E-state index in [1.807, 2.05) is 13.8 Å². The van der Waals surface area contributed by atoms with Crippen LogP contribution in [0.1, 0.15) is 188 Å². The highest BCUT2D eigenvalue weighted by molar-refractivity contribution is 7.85. The summed E-state index contributed by atoms with van der Waals surface area (Å²) in [7, 11) is -4.08. The minimum atomic E-state index is -4.08. The first kappa shape index (κ1) is 42.6. The van der Waals surface area contributed by atoms with Crippen molar-refractivity contribution in [1.82, 2.24) is 5.32 Å². The number of unbranched alkanes of at least 4 members (excludes halogenated alkanes) is 20. The third-order valence-electron chi connectivity index (χ3n) is 8.37. The van der Waals surface area contributed by atoms with Crippen molar-refractivity contribution in [2.45, 2.75) is 194 Å². The van der Waals surface area contributed by atoms with E-state index < -0.39 is 15.9 Å². The Morgan fingerprint density at radius 3 is 1.55 bits per heavy atom. The summed E-state index contributed by atoms with van der Waals surface area (Å²) < 4.78 is 35.8. The lowest BCUT2D eigenvalue weighted by molar-refractivity contribution is -0.149. The lowest BCUT2D eigenvalue weighted by Crippen LogP contribution is -2.27. The van der Waals surface area contributed by atoms with E-state index in [9.17, 15) is 18.0 Å². The van der Waals surface area contributed by atoms with E-state index >= 15 is 0 Å². The van der Waals surface area contributed by atoms with Gasteiger partial charge in [-0.2, -0.15) is 8.42 Å². The molecule has 0 fully saturated rings. The summed E-state index contributed by atoms with van der Waals surface area (Å²) in [6, 6.07) is 0. The van der Waals surface area contributed by atoms with Gasteiger partial charge in [0.05, 0.1) is 5.75 Å². The van der Waals surface area contributed by atoms with E-state index in [-0.39, 0.29) is 24.5 Å². The minimum absolute atomic E-state index is 0.0550. The van der Waals surface area contributed by atoms with Gasteiger partial charge in [-0.25, -0.2) is 0 Å². The molecule has 1 amide bonds. The Kier molecular flexibility index (Phi) is 29.3. The van der Waals surface area contributed by atoms with E-state index in [4.69, 9.17) is 9.29 Å². The molecule has 0 bridgehead atoms. The zero-order valence-electron chi connectivity index (χ0n) is 28.9. The summed E-state index contributed by atoms with van der Waals surface area (Å²) in [6.45, 7) is 6.06. The van der Waals surface area contributed by atoms with Crippen LogP contribution in [0.4, 0.5) is 0 Å². The molecule has 0 unspecified atom stereocenters. The van der Waals surface area contributed by atoms with Gasteiger partial charge in [0.2, 0.25) is 5.91 Å². The van der Waals surface area contributed by atoms with Crippen molar-refractivity contribution in [1.29, 1.82) is 0 Å². The summed E-state index contributed by atoms with van der Waals surface area (Å²) in [6.07, 6.45) is 33.0. The molecule has 8 heteroatoms. The molecular weight excluding hydrogens is 574 g/mol. The predicted molar refractivity (Wildman–Crippen MR) is 184 cm³/mol. The van der Waals surface area contributed by atoms with Crippen LogP contribution in [-0.2, 0) is 24.4 Å². The molecule has 0 aromatic carbocycles. The molecular formula is C36H69NO6S. The molecule has 0 aliphatic carbocycles. The summed E-state index contributed by atoms with van der Waals surface area (Å²) in [5.74, 6) is -0.948. The number of nitrogens with one attached hydrogen (secondary N) is 1. The Hall–Kier alpha value is -1.41. The van der Waals surface area contributed by atoms with Crippen molar-refractivity contribution in [3.8, 4) is 0 Å². The molecule has 0 heterocycles. The normalized spacial score (nSPS) is 12.8. The Balaban J connectivity index is 3.59. The van der Waals surface area contributed by atoms with Crippen LogP contribution in [-0.4, -0.2) is 43.2 Å². The van der Waals surface area contributed by atoms with Crippen molar-refractivity contribution in [2.75, 3.05) is 12.3 Å². The zero-order chi connectivity index (χ0) is 32.7. The fourth-order valence-corrected chi connectivity index (χ4v) is 5.90. The Morgan fingerprint density at radius 2 is 1.11 bits per heavy atom. The second kappa shape index (κ2) is 30.3. The van der Waals surface area contributed by atoms with Crippen LogP contribution in [0, 0.1) is 0 Å². The fraction of sp³-hybridized carbons (Fsp3) is 0.889. The van der Waals surface area contributed by atoms with Gasteiger partial charge in [-0.05, 0) is 45.4 Å². The molecule has 0 aliphatic rings. The summed E-state index contributed by atoms with van der Waals surface area (Å²) in [4.78, 5) is 24.1. The van der Waals surface area contributed by atoms with Gasteiger partial charge in [-0.15, -0.1) is 0 Å². The van der Waals surface area contributed by atoms with Gasteiger partial charge in [0.1, 0.15) is 6.10 Å². The lowest BCUT2D eigenvalue weighted by Gasteiger charge is -2.16. The summed E-state index contributed by atoms with van der Waals surface area (Å²) in [5, 5.41) is 2.45. The molecule has 0 aromatic rings. The number of rotatable bonds is 32. The van der Waals surface area contributed by atoms with Gasteiger partial charge < -0.3 is 10.1 Å². The highest BCUT2D eigenvalue weighted by atomic mass is 32.2. The maximum atomic E-state index is 12.3. The third kappa shape index (κ3) is 32.0. The highest BCUT2D eigenvalue weighted by Crippen LogP contribution is 2.17. The minimum Gasteiger partial charge on any atom is -0.462 e. The van der Waals surface area contributed by atoms with Crippen molar-refractivity contribution >= 4 is 22.0 Å². The fourth-order valence-electron chi connectivity index (χ4n) is 5.54. The quantitative estimate of drug-likeness (QED) is 0.0327. The Bertz CT molecular complexity index is 826. The monoisotopic (exact) mass is 643 g/mol. The molecule has 0 aromatic heterocycles. The third-order valence-corrected chi connectivity index (χ3v) is 9.09. The van der Waals surface area contributed by atoms with Crippen LogP contribution in [0.25, 0.3) is 0 Å². The van der Waals surface area contributed by atoms with Crippen molar-refractivity contribution in [3.63, 3.8) is 0 Å². The number of carbonyl (C=O) groups is 2. The maximum Gasteiger partial charge on any atom is 0.306 e. The standard InChI is InChI=1S/C36H69NO6S/c1-4-6-7-8-9-10-11-12-13-14-15-16-17-18-19-20-21-22-23-24-29-36(39)43-34(5-2)28-26-25-27-33(3)32-35(38)37-30-31-44(40,41)42/h32,34H,4-31H2,1-3H3,(H,37,38)(H,40,41,42)/b33-32-/t34-/m1/s1. The van der Waals surface area contributed by atoms with Gasteiger partial charge in [0.15, 0.2) is 0 Å². The van der Waals surface area contributed by atoms with Crippen LogP contribution < -0.4 is 5.32 Å². The molecule has 0 saturated carbocycles. The second-order valence-corrected chi connectivity index (χ2v) is 14.4. The molecule has 0 radical (unpaired) electrons. The highest BCUT2D eigenvalue weighted by Gasteiger charge is 2.12. The van der Waals surface area contributed by atoms with E-state index in [0.29, 0.717) is 6.42 Å². The zero-order valence-corrected chi connectivity index (χ0v) is 29.7. The van der Waals surface area contributed by atoms with Gasteiger partial charge in [0, 0.05) is 19.0 Å². The Labute approximate surface area is 271 Å². The van der Waals surface area contributed by atoms with Crippen LogP contribution in [0.5, 0.6) is 0 Å². The topological polar surface area (TPSA) is 110 Å². The average Bonchev–Trinajstić information content (AvgIpc) is 2.97. The second-order valence-electron chi connectivity index (χ2n) is 12.8. The number of hydrogen-bond acceptors (Lipinski definition) is 5. The van der Waals surface area contributed by atoms with E-state index in [0.717, 1.165) is 50.5 Å².